The monoisotopic (exact) mass is 283 g/mol. The van der Waals surface area contributed by atoms with Crippen LogP contribution >= 0.6 is 0 Å². The maximum absolute atomic E-state index is 13.5. The van der Waals surface area contributed by atoms with Crippen LogP contribution < -0.4 is 5.32 Å². The molecule has 20 heavy (non-hydrogen) atoms. The first-order chi connectivity index (χ1) is 9.58. The lowest BCUT2D eigenvalue weighted by atomic mass is 9.83. The zero-order chi connectivity index (χ0) is 14.5. The molecule has 112 valence electrons. The third-order valence-corrected chi connectivity index (χ3v) is 4.24. The lowest BCUT2D eigenvalue weighted by Crippen LogP contribution is -2.30. The Balaban J connectivity index is 1.79. The van der Waals surface area contributed by atoms with Crippen LogP contribution in [-0.2, 0) is 0 Å². The number of rotatable bonds is 5. The van der Waals surface area contributed by atoms with Gasteiger partial charge in [-0.3, -0.25) is 0 Å². The van der Waals surface area contributed by atoms with Gasteiger partial charge in [-0.05, 0) is 43.4 Å². The molecule has 0 amide bonds. The normalized spacial score (nSPS) is 24.6. The van der Waals surface area contributed by atoms with E-state index in [1.807, 2.05) is 0 Å². The van der Waals surface area contributed by atoms with Gasteiger partial charge in [0.25, 0.3) is 0 Å². The Labute approximate surface area is 119 Å². The summed E-state index contributed by atoms with van der Waals surface area (Å²) in [6, 6.07) is 3.64. The van der Waals surface area contributed by atoms with Crippen LogP contribution in [0.3, 0.4) is 0 Å². The average Bonchev–Trinajstić information content (AvgIpc) is 2.41. The first kappa shape index (κ1) is 15.4. The van der Waals surface area contributed by atoms with E-state index >= 15 is 0 Å². The Kier molecular flexibility index (Phi) is 5.49. The second-order valence-corrected chi connectivity index (χ2v) is 5.94. The molecule has 1 aliphatic rings. The first-order valence-corrected chi connectivity index (χ1v) is 7.40. The summed E-state index contributed by atoms with van der Waals surface area (Å²) >= 11 is 0. The molecular weight excluding hydrogens is 260 g/mol. The van der Waals surface area contributed by atoms with E-state index in [0.29, 0.717) is 5.92 Å². The number of aliphatic hydroxyl groups is 1. The molecular formula is C16H23F2NO. The molecule has 1 unspecified atom stereocenters. The average molecular weight is 283 g/mol. The van der Waals surface area contributed by atoms with E-state index in [1.54, 1.807) is 0 Å². The van der Waals surface area contributed by atoms with Gasteiger partial charge in [0.05, 0.1) is 11.7 Å². The molecule has 1 atom stereocenters. The quantitative estimate of drug-likeness (QED) is 0.868. The molecule has 1 aliphatic carbocycles. The van der Waals surface area contributed by atoms with Crippen LogP contribution in [0.1, 0.15) is 44.3 Å². The van der Waals surface area contributed by atoms with Crippen molar-refractivity contribution < 1.29 is 13.9 Å². The number of aliphatic hydroxyl groups excluding tert-OH is 1. The minimum Gasteiger partial charge on any atom is -0.387 e. The predicted octanol–water partition coefficient (Wildman–Crippen LogP) is 3.41. The lowest BCUT2D eigenvalue weighted by Gasteiger charge is -2.26. The van der Waals surface area contributed by atoms with Crippen LogP contribution in [0.2, 0.25) is 0 Å². The van der Waals surface area contributed by atoms with Crippen LogP contribution in [-0.4, -0.2) is 18.2 Å². The van der Waals surface area contributed by atoms with Crippen molar-refractivity contribution in [3.63, 3.8) is 0 Å². The molecule has 0 spiro atoms. The van der Waals surface area contributed by atoms with Crippen LogP contribution in [0.25, 0.3) is 0 Å². The van der Waals surface area contributed by atoms with Crippen LogP contribution in [0.15, 0.2) is 18.2 Å². The predicted molar refractivity (Wildman–Crippen MR) is 75.3 cm³/mol. The number of hydrogen-bond donors (Lipinski definition) is 2. The van der Waals surface area contributed by atoms with E-state index in [1.165, 1.54) is 43.9 Å². The number of benzene rings is 1. The van der Waals surface area contributed by atoms with Crippen molar-refractivity contribution in [2.75, 3.05) is 13.1 Å². The molecule has 0 saturated heterocycles. The lowest BCUT2D eigenvalue weighted by molar-refractivity contribution is 0.160. The molecule has 1 aromatic carbocycles. The van der Waals surface area contributed by atoms with E-state index < -0.39 is 17.7 Å². The Hall–Kier alpha value is -1.00. The Bertz CT molecular complexity index is 410. The van der Waals surface area contributed by atoms with E-state index in [9.17, 15) is 13.9 Å². The summed E-state index contributed by atoms with van der Waals surface area (Å²) in [6.07, 6.45) is 3.74. The molecule has 2 nitrogen and oxygen atoms in total. The second-order valence-electron chi connectivity index (χ2n) is 5.94. The fourth-order valence-electron chi connectivity index (χ4n) is 2.89. The zero-order valence-corrected chi connectivity index (χ0v) is 11.9. The van der Waals surface area contributed by atoms with E-state index in [2.05, 4.69) is 12.2 Å². The number of hydrogen-bond acceptors (Lipinski definition) is 2. The van der Waals surface area contributed by atoms with Crippen LogP contribution in [0.4, 0.5) is 8.78 Å². The molecule has 1 saturated carbocycles. The summed E-state index contributed by atoms with van der Waals surface area (Å²) in [5, 5.41) is 13.1. The van der Waals surface area contributed by atoms with Gasteiger partial charge in [-0.2, -0.15) is 0 Å². The number of halogens is 2. The third kappa shape index (κ3) is 4.00. The van der Waals surface area contributed by atoms with Crippen molar-refractivity contribution in [1.82, 2.24) is 5.32 Å². The Morgan fingerprint density at radius 1 is 1.20 bits per heavy atom. The van der Waals surface area contributed by atoms with Gasteiger partial charge in [-0.15, -0.1) is 0 Å². The zero-order valence-electron chi connectivity index (χ0n) is 11.9. The van der Waals surface area contributed by atoms with Crippen LogP contribution in [0, 0.1) is 23.5 Å². The number of nitrogens with one attached hydrogen (secondary N) is 1. The molecule has 0 heterocycles. The fraction of sp³-hybridized carbons (Fsp3) is 0.625. The van der Waals surface area contributed by atoms with Crippen molar-refractivity contribution in [3.05, 3.63) is 35.4 Å². The molecule has 0 aliphatic heterocycles. The van der Waals surface area contributed by atoms with Gasteiger partial charge < -0.3 is 10.4 Å². The molecule has 2 rings (SSSR count). The van der Waals surface area contributed by atoms with Crippen molar-refractivity contribution in [2.45, 2.75) is 38.7 Å². The summed E-state index contributed by atoms with van der Waals surface area (Å²) < 4.78 is 27.0. The van der Waals surface area contributed by atoms with Crippen molar-refractivity contribution in [2.24, 2.45) is 11.8 Å². The van der Waals surface area contributed by atoms with Gasteiger partial charge in [0.1, 0.15) is 11.6 Å². The minimum absolute atomic E-state index is 0.184. The molecule has 0 aromatic heterocycles. The molecule has 0 radical (unpaired) electrons. The summed E-state index contributed by atoms with van der Waals surface area (Å²) in [6.45, 7) is 3.26. The van der Waals surface area contributed by atoms with Gasteiger partial charge in [-0.25, -0.2) is 8.78 Å². The Morgan fingerprint density at radius 2 is 1.80 bits per heavy atom. The third-order valence-electron chi connectivity index (χ3n) is 4.24. The van der Waals surface area contributed by atoms with Gasteiger partial charge in [0.2, 0.25) is 0 Å². The maximum Gasteiger partial charge on any atom is 0.131 e. The van der Waals surface area contributed by atoms with E-state index in [-0.39, 0.29) is 12.1 Å². The first-order valence-electron chi connectivity index (χ1n) is 7.40. The summed E-state index contributed by atoms with van der Waals surface area (Å²) in [5.74, 6) is 0.0461. The highest BCUT2D eigenvalue weighted by atomic mass is 19.1. The fourth-order valence-corrected chi connectivity index (χ4v) is 2.89. The topological polar surface area (TPSA) is 32.3 Å². The molecule has 4 heteroatoms. The van der Waals surface area contributed by atoms with Crippen molar-refractivity contribution in [3.8, 4) is 0 Å². The van der Waals surface area contributed by atoms with Crippen LogP contribution in [0.5, 0.6) is 0 Å². The highest BCUT2D eigenvalue weighted by molar-refractivity contribution is 5.22. The second kappa shape index (κ2) is 7.14. The van der Waals surface area contributed by atoms with Gasteiger partial charge in [0, 0.05) is 6.54 Å². The highest BCUT2D eigenvalue weighted by Gasteiger charge is 2.20. The molecule has 0 bridgehead atoms. The molecule has 1 aromatic rings. The summed E-state index contributed by atoms with van der Waals surface area (Å²) in [7, 11) is 0. The van der Waals surface area contributed by atoms with Crippen molar-refractivity contribution >= 4 is 0 Å². The van der Waals surface area contributed by atoms with Crippen molar-refractivity contribution in [1.29, 1.82) is 0 Å². The maximum atomic E-state index is 13.5. The standard InChI is InChI=1S/C16H23F2NO/c1-11-5-7-12(8-6-11)9-19-10-15(20)16-13(17)3-2-4-14(16)18/h2-4,11-12,15,19-20H,5-10H2,1H3. The minimum atomic E-state index is -1.14. The SMILES string of the molecule is CC1CCC(CNCC(O)c2c(F)cccc2F)CC1. The molecule has 2 N–H and O–H groups in total. The van der Waals surface area contributed by atoms with Gasteiger partial charge in [-0.1, -0.05) is 25.8 Å². The van der Waals surface area contributed by atoms with Gasteiger partial charge in [0.15, 0.2) is 0 Å². The van der Waals surface area contributed by atoms with Gasteiger partial charge >= 0.3 is 0 Å². The largest absolute Gasteiger partial charge is 0.387 e. The molecule has 1 fully saturated rings. The Morgan fingerprint density at radius 3 is 2.40 bits per heavy atom. The van der Waals surface area contributed by atoms with E-state index in [0.717, 1.165) is 12.5 Å². The summed E-state index contributed by atoms with van der Waals surface area (Å²) in [5.41, 5.74) is -0.239. The summed E-state index contributed by atoms with van der Waals surface area (Å²) in [4.78, 5) is 0. The smallest absolute Gasteiger partial charge is 0.131 e. The van der Waals surface area contributed by atoms with E-state index in [4.69, 9.17) is 0 Å². The highest BCUT2D eigenvalue weighted by Crippen LogP contribution is 2.27.